The number of benzene rings is 18. The third kappa shape index (κ3) is 12.3. The van der Waals surface area contributed by atoms with Crippen LogP contribution in [-0.2, 0) is 5.41 Å². The van der Waals surface area contributed by atoms with Crippen LogP contribution in [0, 0.1) is 0 Å². The summed E-state index contributed by atoms with van der Waals surface area (Å²) in [6.45, 7) is 6.28. The van der Waals surface area contributed by atoms with Crippen LogP contribution >= 0.6 is 0 Å². The third-order valence-corrected chi connectivity index (χ3v) is 23.3. The number of hydrogen-bond acceptors (Lipinski definition) is 2. The van der Waals surface area contributed by atoms with Gasteiger partial charge in [0.15, 0.2) is 0 Å². The van der Waals surface area contributed by atoms with Gasteiger partial charge >= 0.3 is 0 Å². The van der Waals surface area contributed by atoms with Crippen LogP contribution in [0.25, 0.3) is 150 Å². The second-order valence-corrected chi connectivity index (χ2v) is 31.3. The van der Waals surface area contributed by atoms with Gasteiger partial charge in [-0.05, 0) is 225 Å². The minimum absolute atomic E-state index is 0.00341. The minimum Gasteiger partial charge on any atom is -0.310 e. The van der Waals surface area contributed by atoms with E-state index in [0.29, 0.717) is 5.69 Å². The molecule has 3 heterocycles. The van der Waals surface area contributed by atoms with Crippen molar-refractivity contribution < 1.29 is 11.0 Å². The van der Waals surface area contributed by atoms with Crippen molar-refractivity contribution in [1.82, 2.24) is 4.57 Å². The van der Waals surface area contributed by atoms with Crippen LogP contribution in [0.5, 0.6) is 0 Å². The van der Waals surface area contributed by atoms with E-state index < -0.39 is 48.4 Å². The maximum absolute atomic E-state index is 10.0. The molecule has 1 aromatic heterocycles. The van der Waals surface area contributed by atoms with Gasteiger partial charge < -0.3 is 14.4 Å². The van der Waals surface area contributed by atoms with Crippen LogP contribution in [0.1, 0.15) is 37.3 Å². The SMILES string of the molecule is [2H]c1c([2H])c([2H])c2c(c1[2H])c1c([2H])c([2H])c([2H])c([2H])c1n2-c1ccc2c(c1)N(c1c(-c3ccccc3)cc(-c3ccccc3)cc1-c1ccccc1)c1cc(C(C)(C)C)cc3c1B2c1cc(-c2cc(-c4ccccc4)cc(-c4ccccc4)c2)ccc1N3c1c(-c2cccc(-c3ccccc3)c2)cc(-c2ccccc2)cc1-c1cccc(-c2ccccc2)c1. The van der Waals surface area contributed by atoms with Gasteiger partial charge in [0, 0.05) is 61.5 Å². The zero-order valence-corrected chi connectivity index (χ0v) is 64.3. The van der Waals surface area contributed by atoms with Crippen molar-refractivity contribution in [3.63, 3.8) is 0 Å². The van der Waals surface area contributed by atoms with Crippen molar-refractivity contribution in [2.45, 2.75) is 26.2 Å². The Labute approximate surface area is 690 Å². The van der Waals surface area contributed by atoms with E-state index in [2.05, 4.69) is 401 Å². The smallest absolute Gasteiger partial charge is 0.252 e. The number of anilines is 6. The summed E-state index contributed by atoms with van der Waals surface area (Å²) in [5.41, 5.74) is 31.7. The van der Waals surface area contributed by atoms with E-state index >= 15 is 0 Å². The van der Waals surface area contributed by atoms with E-state index in [1.165, 1.54) is 0 Å². The zero-order valence-electron chi connectivity index (χ0n) is 72.3. The summed E-state index contributed by atoms with van der Waals surface area (Å²) in [4.78, 5) is 5.07. The van der Waals surface area contributed by atoms with Gasteiger partial charge in [0.1, 0.15) is 0 Å². The van der Waals surface area contributed by atoms with Crippen LogP contribution in [0.15, 0.2) is 431 Å². The summed E-state index contributed by atoms with van der Waals surface area (Å²) in [6, 6.07) is 134. The Bertz CT molecular complexity index is 7170. The second kappa shape index (κ2) is 28.9. The Kier molecular flexibility index (Phi) is 15.2. The molecule has 0 unspecified atom stereocenters. The summed E-state index contributed by atoms with van der Waals surface area (Å²) in [5, 5.41) is -0.00681. The monoisotopic (exact) mass is 1490 g/mol. The first-order valence-corrected chi connectivity index (χ1v) is 39.7. The first kappa shape index (κ1) is 61.1. The molecule has 21 rings (SSSR count). The Balaban J connectivity index is 0.960. The molecule has 2 aliphatic heterocycles. The van der Waals surface area contributed by atoms with Crippen LogP contribution in [0.4, 0.5) is 34.1 Å². The topological polar surface area (TPSA) is 11.4 Å². The Morgan fingerprint density at radius 1 is 0.241 bits per heavy atom. The van der Waals surface area contributed by atoms with Gasteiger partial charge in [0.05, 0.1) is 33.4 Å². The Hall–Kier alpha value is -14.6. The molecule has 116 heavy (non-hydrogen) atoms. The van der Waals surface area contributed by atoms with Crippen LogP contribution < -0.4 is 26.2 Å². The fraction of sp³-hybridized carbons (Fsp3) is 0.0357. The van der Waals surface area contributed by atoms with Gasteiger partial charge in [-0.2, -0.15) is 0 Å². The molecule has 0 radical (unpaired) electrons. The van der Waals surface area contributed by atoms with Gasteiger partial charge in [0.2, 0.25) is 0 Å². The van der Waals surface area contributed by atoms with Gasteiger partial charge in [-0.3, -0.25) is 0 Å². The molecule has 0 saturated heterocycles. The second-order valence-electron chi connectivity index (χ2n) is 31.3. The summed E-state index contributed by atoms with van der Waals surface area (Å²) in [5.74, 6) is 0. The Morgan fingerprint density at radius 3 is 0.966 bits per heavy atom. The quantitative estimate of drug-likeness (QED) is 0.101. The standard InChI is InChI=1S/C112H80BN3/c1-112(2,3)93-72-107-109-108(73-93)116(110-97(81-46-24-10-25-47-81)67-91(79-42-20-8-21-43-79)68-98(110)82-48-26-11-27-49-82)106-74-94(114-103-56-30-28-54-95(103)96-55-29-31-57-104(96)114)59-60-101(106)113(109)102-71-85(90-65-88(77-38-16-6-17-39-77)64-89(66-90)78-40-18-7-19-41-78)58-61-105(102)115(107)111-99(86-52-32-50-83(62-86)75-34-12-4-13-35-75)69-92(80-44-22-9-23-45-80)70-100(111)87-53-33-51-84(63-87)76-36-14-5-15-37-76/h4-74H,1-3H3/i28D,29D,30D,31D,54D,55D,56D,57D. The lowest BCUT2D eigenvalue weighted by atomic mass is 9.33. The lowest BCUT2D eigenvalue weighted by molar-refractivity contribution is 0.590. The predicted octanol–water partition coefficient (Wildman–Crippen LogP) is 28.5. The van der Waals surface area contributed by atoms with E-state index in [-0.39, 0.29) is 33.9 Å². The molecule has 0 N–H and O–H groups in total. The average molecular weight is 1490 g/mol. The maximum Gasteiger partial charge on any atom is 0.252 e. The number of aromatic nitrogens is 1. The van der Waals surface area contributed by atoms with Crippen molar-refractivity contribution in [2.75, 3.05) is 9.80 Å². The summed E-state index contributed by atoms with van der Waals surface area (Å²) < 4.78 is 78.4. The first-order chi connectivity index (χ1) is 60.5. The number of fused-ring (bicyclic) bond motifs is 7. The fourth-order valence-corrected chi connectivity index (χ4v) is 17.7. The van der Waals surface area contributed by atoms with Gasteiger partial charge in [-0.15, -0.1) is 0 Å². The van der Waals surface area contributed by atoms with Crippen molar-refractivity contribution in [2.24, 2.45) is 0 Å². The molecule has 0 spiro atoms. The van der Waals surface area contributed by atoms with Crippen molar-refractivity contribution in [1.29, 1.82) is 0 Å². The average Bonchev–Trinajstić information content (AvgIpc) is 0.850. The molecule has 3 nitrogen and oxygen atoms in total. The molecule has 0 bridgehead atoms. The lowest BCUT2D eigenvalue weighted by Crippen LogP contribution is -2.61. The van der Waals surface area contributed by atoms with E-state index in [0.717, 1.165) is 178 Å². The highest BCUT2D eigenvalue weighted by Crippen LogP contribution is 2.56. The van der Waals surface area contributed by atoms with Gasteiger partial charge in [-0.1, -0.05) is 354 Å². The van der Waals surface area contributed by atoms with E-state index in [9.17, 15) is 11.0 Å². The van der Waals surface area contributed by atoms with Crippen molar-refractivity contribution in [3.05, 3.63) is 436 Å². The molecule has 0 atom stereocenters. The zero-order chi connectivity index (χ0) is 84.3. The maximum atomic E-state index is 10.0. The molecule has 0 amide bonds. The van der Waals surface area contributed by atoms with Gasteiger partial charge in [0.25, 0.3) is 6.71 Å². The van der Waals surface area contributed by atoms with E-state index in [4.69, 9.17) is 0 Å². The fourth-order valence-electron chi connectivity index (χ4n) is 17.7. The summed E-state index contributed by atoms with van der Waals surface area (Å²) in [6.07, 6.45) is 0. The van der Waals surface area contributed by atoms with Crippen molar-refractivity contribution >= 4 is 79.0 Å². The normalized spacial score (nSPS) is 13.2. The van der Waals surface area contributed by atoms with Crippen LogP contribution in [0.3, 0.4) is 0 Å². The molecular weight excluding hydrogens is 1400 g/mol. The predicted molar refractivity (Wildman–Crippen MR) is 493 cm³/mol. The number of para-hydroxylation sites is 2. The molecule has 0 fully saturated rings. The molecule has 19 aromatic rings. The largest absolute Gasteiger partial charge is 0.310 e. The molecular formula is C112H80BN3. The van der Waals surface area contributed by atoms with Crippen LogP contribution in [-0.4, -0.2) is 11.3 Å². The van der Waals surface area contributed by atoms with E-state index in [1.807, 2.05) is 12.1 Å². The Morgan fingerprint density at radius 2 is 0.560 bits per heavy atom. The molecule has 0 aliphatic carbocycles. The summed E-state index contributed by atoms with van der Waals surface area (Å²) in [7, 11) is 0. The molecule has 18 aromatic carbocycles. The minimum atomic E-state index is -0.591. The number of nitrogens with zero attached hydrogens (tertiary/aromatic N) is 3. The molecule has 546 valence electrons. The first-order valence-electron chi connectivity index (χ1n) is 43.7. The van der Waals surface area contributed by atoms with E-state index in [1.54, 1.807) is 4.57 Å². The molecule has 0 saturated carbocycles. The van der Waals surface area contributed by atoms with Crippen molar-refractivity contribution in [3.8, 4) is 128 Å². The highest BCUT2D eigenvalue weighted by molar-refractivity contribution is 7.00. The highest BCUT2D eigenvalue weighted by Gasteiger charge is 2.46. The molecule has 2 aliphatic rings. The lowest BCUT2D eigenvalue weighted by Gasteiger charge is -2.46. The number of hydrogen-bond donors (Lipinski definition) is 0. The summed E-state index contributed by atoms with van der Waals surface area (Å²) >= 11 is 0. The van der Waals surface area contributed by atoms with Gasteiger partial charge in [-0.25, -0.2) is 0 Å². The number of rotatable bonds is 14. The molecule has 4 heteroatoms. The third-order valence-electron chi connectivity index (χ3n) is 23.3. The highest BCUT2D eigenvalue weighted by atomic mass is 15.2. The van der Waals surface area contributed by atoms with Crippen LogP contribution in [0.2, 0.25) is 0 Å².